The van der Waals surface area contributed by atoms with Gasteiger partial charge in [-0.2, -0.15) is 0 Å². The van der Waals surface area contributed by atoms with Crippen molar-refractivity contribution >= 4 is 23.6 Å². The first-order chi connectivity index (χ1) is 10.0. The van der Waals surface area contributed by atoms with Crippen molar-refractivity contribution in [2.45, 2.75) is 18.9 Å². The Kier molecular flexibility index (Phi) is 4.32. The highest BCUT2D eigenvalue weighted by Gasteiger charge is 2.32. The van der Waals surface area contributed by atoms with Crippen LogP contribution in [0.4, 0.5) is 5.69 Å². The predicted molar refractivity (Wildman–Crippen MR) is 74.5 cm³/mol. The van der Waals surface area contributed by atoms with Crippen molar-refractivity contribution in [3.63, 3.8) is 0 Å². The summed E-state index contributed by atoms with van der Waals surface area (Å²) in [6.45, 7) is 0.386. The maximum Gasteiger partial charge on any atom is 0.326 e. The molecule has 0 radical (unpaired) electrons. The molecular formula is C14H14N2O5. The monoisotopic (exact) mass is 290 g/mol. The van der Waals surface area contributed by atoms with Gasteiger partial charge in [-0.1, -0.05) is 12.1 Å². The Morgan fingerprint density at radius 1 is 1.38 bits per heavy atom. The van der Waals surface area contributed by atoms with Crippen LogP contribution in [0.5, 0.6) is 0 Å². The molecule has 1 atom stereocenters. The molecule has 0 aromatic heterocycles. The standard InChI is InChI=1S/C14H14N2O5/c17-13(15-9-3-6-12(15)14(18)19)8-7-10-4-1-2-5-11(10)16(20)21/h1-2,4-5,7-8,12H,3,6,9H2,(H,18,19)/b8-7+/t12-/m0/s1. The molecule has 0 spiro atoms. The van der Waals surface area contributed by atoms with E-state index >= 15 is 0 Å². The molecule has 1 aromatic carbocycles. The summed E-state index contributed by atoms with van der Waals surface area (Å²) in [6.07, 6.45) is 3.60. The van der Waals surface area contributed by atoms with Crippen LogP contribution in [0.15, 0.2) is 30.3 Å². The zero-order valence-electron chi connectivity index (χ0n) is 11.1. The minimum absolute atomic E-state index is 0.0993. The molecule has 1 amide bonds. The fourth-order valence-electron chi connectivity index (χ4n) is 2.34. The summed E-state index contributed by atoms with van der Waals surface area (Å²) in [7, 11) is 0. The molecule has 110 valence electrons. The summed E-state index contributed by atoms with van der Waals surface area (Å²) in [4.78, 5) is 34.7. The highest BCUT2D eigenvalue weighted by atomic mass is 16.6. The van der Waals surface area contributed by atoms with Gasteiger partial charge in [-0.05, 0) is 25.0 Å². The van der Waals surface area contributed by atoms with E-state index in [0.29, 0.717) is 24.9 Å². The van der Waals surface area contributed by atoms with Crippen LogP contribution in [0.2, 0.25) is 0 Å². The van der Waals surface area contributed by atoms with Gasteiger partial charge in [0.15, 0.2) is 0 Å². The average molecular weight is 290 g/mol. The second-order valence-corrected chi connectivity index (χ2v) is 4.68. The lowest BCUT2D eigenvalue weighted by molar-refractivity contribution is -0.385. The van der Waals surface area contributed by atoms with Gasteiger partial charge >= 0.3 is 5.97 Å². The summed E-state index contributed by atoms with van der Waals surface area (Å²) in [5.74, 6) is -1.47. The van der Waals surface area contributed by atoms with Gasteiger partial charge in [-0.25, -0.2) is 4.79 Å². The minimum Gasteiger partial charge on any atom is -0.480 e. The van der Waals surface area contributed by atoms with Gasteiger partial charge in [0, 0.05) is 18.7 Å². The van der Waals surface area contributed by atoms with Crippen LogP contribution in [-0.2, 0) is 9.59 Å². The number of benzene rings is 1. The van der Waals surface area contributed by atoms with Crippen LogP contribution < -0.4 is 0 Å². The maximum atomic E-state index is 12.0. The van der Waals surface area contributed by atoms with Crippen molar-refractivity contribution in [1.82, 2.24) is 4.90 Å². The van der Waals surface area contributed by atoms with E-state index in [2.05, 4.69) is 0 Å². The van der Waals surface area contributed by atoms with E-state index < -0.39 is 22.8 Å². The van der Waals surface area contributed by atoms with Crippen molar-refractivity contribution < 1.29 is 19.6 Å². The first-order valence-electron chi connectivity index (χ1n) is 6.45. The van der Waals surface area contributed by atoms with Crippen LogP contribution >= 0.6 is 0 Å². The molecule has 1 heterocycles. The third-order valence-corrected chi connectivity index (χ3v) is 3.36. The molecule has 7 nitrogen and oxygen atoms in total. The second-order valence-electron chi connectivity index (χ2n) is 4.68. The molecule has 0 unspecified atom stereocenters. The molecule has 1 fully saturated rings. The van der Waals surface area contributed by atoms with Gasteiger partial charge in [-0.15, -0.1) is 0 Å². The zero-order valence-corrected chi connectivity index (χ0v) is 11.1. The SMILES string of the molecule is O=C(O)[C@@H]1CCCN1C(=O)/C=C/c1ccccc1[N+](=O)[O-]. The summed E-state index contributed by atoms with van der Waals surface area (Å²) in [5.41, 5.74) is 0.208. The molecule has 1 aliphatic rings. The lowest BCUT2D eigenvalue weighted by Gasteiger charge is -2.19. The maximum absolute atomic E-state index is 12.0. The Morgan fingerprint density at radius 3 is 2.76 bits per heavy atom. The van der Waals surface area contributed by atoms with E-state index in [1.54, 1.807) is 6.07 Å². The number of hydrogen-bond acceptors (Lipinski definition) is 4. The Bertz CT molecular complexity index is 611. The smallest absolute Gasteiger partial charge is 0.326 e. The number of carboxylic acid groups (broad SMARTS) is 1. The zero-order chi connectivity index (χ0) is 15.4. The molecule has 7 heteroatoms. The highest BCUT2D eigenvalue weighted by molar-refractivity contribution is 5.95. The number of para-hydroxylation sites is 1. The fraction of sp³-hybridized carbons (Fsp3) is 0.286. The van der Waals surface area contributed by atoms with E-state index in [1.165, 1.54) is 35.3 Å². The summed E-state index contributed by atoms with van der Waals surface area (Å²) in [5, 5.41) is 19.9. The number of aliphatic carboxylic acids is 1. The average Bonchev–Trinajstić information content (AvgIpc) is 2.94. The number of nitro benzene ring substituents is 1. The van der Waals surface area contributed by atoms with Crippen LogP contribution in [-0.4, -0.2) is 39.4 Å². The lowest BCUT2D eigenvalue weighted by atomic mass is 10.1. The van der Waals surface area contributed by atoms with E-state index in [9.17, 15) is 19.7 Å². The van der Waals surface area contributed by atoms with E-state index in [4.69, 9.17) is 5.11 Å². The molecule has 1 aromatic rings. The topological polar surface area (TPSA) is 101 Å². The largest absolute Gasteiger partial charge is 0.480 e. The quantitative estimate of drug-likeness (QED) is 0.516. The number of nitrogens with zero attached hydrogens (tertiary/aromatic N) is 2. The van der Waals surface area contributed by atoms with Gasteiger partial charge in [-0.3, -0.25) is 14.9 Å². The summed E-state index contributed by atoms with van der Waals surface area (Å²) < 4.78 is 0. The number of rotatable bonds is 4. The number of likely N-dealkylation sites (tertiary alicyclic amines) is 1. The molecule has 1 saturated heterocycles. The van der Waals surface area contributed by atoms with Gasteiger partial charge in [0.1, 0.15) is 6.04 Å². The first kappa shape index (κ1) is 14.7. The Balaban J connectivity index is 2.16. The summed E-state index contributed by atoms with van der Waals surface area (Å²) >= 11 is 0. The van der Waals surface area contributed by atoms with E-state index in [0.717, 1.165) is 0 Å². The number of carbonyl (C=O) groups is 2. The van der Waals surface area contributed by atoms with E-state index in [-0.39, 0.29) is 5.69 Å². The number of amides is 1. The van der Waals surface area contributed by atoms with Crippen LogP contribution in [0, 0.1) is 10.1 Å². The molecule has 1 N–H and O–H groups in total. The van der Waals surface area contributed by atoms with Gasteiger partial charge in [0.25, 0.3) is 5.69 Å². The Hall–Kier alpha value is -2.70. The van der Waals surface area contributed by atoms with Crippen LogP contribution in [0.3, 0.4) is 0 Å². The van der Waals surface area contributed by atoms with Gasteiger partial charge < -0.3 is 10.0 Å². The second kappa shape index (κ2) is 6.17. The fourth-order valence-corrected chi connectivity index (χ4v) is 2.34. The molecule has 0 bridgehead atoms. The normalized spacial score (nSPS) is 18.1. The van der Waals surface area contributed by atoms with Crippen molar-refractivity contribution in [1.29, 1.82) is 0 Å². The lowest BCUT2D eigenvalue weighted by Crippen LogP contribution is -2.39. The molecule has 1 aliphatic heterocycles. The van der Waals surface area contributed by atoms with Crippen molar-refractivity contribution in [3.8, 4) is 0 Å². The van der Waals surface area contributed by atoms with Crippen molar-refractivity contribution in [2.24, 2.45) is 0 Å². The van der Waals surface area contributed by atoms with Crippen molar-refractivity contribution in [3.05, 3.63) is 46.0 Å². The Labute approximate surface area is 120 Å². The molecule has 2 rings (SSSR count). The van der Waals surface area contributed by atoms with E-state index in [1.807, 2.05) is 0 Å². The molecule has 21 heavy (non-hydrogen) atoms. The highest BCUT2D eigenvalue weighted by Crippen LogP contribution is 2.21. The van der Waals surface area contributed by atoms with Gasteiger partial charge in [0.2, 0.25) is 5.91 Å². The first-order valence-corrected chi connectivity index (χ1v) is 6.45. The predicted octanol–water partition coefficient (Wildman–Crippen LogP) is 1.68. The van der Waals surface area contributed by atoms with Gasteiger partial charge in [0.05, 0.1) is 10.5 Å². The molecular weight excluding hydrogens is 276 g/mol. The number of nitro groups is 1. The third-order valence-electron chi connectivity index (χ3n) is 3.36. The third kappa shape index (κ3) is 3.25. The van der Waals surface area contributed by atoms with Crippen LogP contribution in [0.25, 0.3) is 6.08 Å². The van der Waals surface area contributed by atoms with Crippen molar-refractivity contribution in [2.75, 3.05) is 6.54 Å². The Morgan fingerprint density at radius 2 is 2.10 bits per heavy atom. The molecule has 0 aliphatic carbocycles. The van der Waals surface area contributed by atoms with Crippen LogP contribution in [0.1, 0.15) is 18.4 Å². The summed E-state index contributed by atoms with van der Waals surface area (Å²) in [6, 6.07) is 5.24. The molecule has 0 saturated carbocycles. The minimum atomic E-state index is -1.03. The number of carbonyl (C=O) groups excluding carboxylic acids is 1. The number of hydrogen-bond donors (Lipinski definition) is 1. The number of carboxylic acids is 1.